The van der Waals surface area contributed by atoms with Gasteiger partial charge in [-0.25, -0.2) is 13.1 Å². The number of hydrogen-bond donors (Lipinski definition) is 2. The Bertz CT molecular complexity index is 1350. The van der Waals surface area contributed by atoms with Gasteiger partial charge in [0.05, 0.1) is 29.9 Å². The number of nitrogens with one attached hydrogen (secondary N) is 1. The van der Waals surface area contributed by atoms with Crippen LogP contribution in [0.2, 0.25) is 0 Å². The highest BCUT2D eigenvalue weighted by molar-refractivity contribution is 7.89. The lowest BCUT2D eigenvalue weighted by Crippen LogP contribution is -2.50. The van der Waals surface area contributed by atoms with E-state index in [0.717, 1.165) is 18.5 Å². The molecule has 1 aromatic carbocycles. The number of benzene rings is 1. The fraction of sp³-hybridized carbons (Fsp3) is 0.630. The lowest BCUT2D eigenvalue weighted by molar-refractivity contribution is -0.144. The van der Waals surface area contributed by atoms with E-state index in [9.17, 15) is 23.1 Å². The number of aliphatic hydroxyl groups is 1. The number of aliphatic hydroxyl groups excluding tert-OH is 1. The van der Waals surface area contributed by atoms with Gasteiger partial charge in [-0.05, 0) is 29.9 Å². The van der Waals surface area contributed by atoms with Gasteiger partial charge >= 0.3 is 0 Å². The van der Waals surface area contributed by atoms with Gasteiger partial charge in [-0.15, -0.1) is 5.10 Å². The van der Waals surface area contributed by atoms with Gasteiger partial charge in [0, 0.05) is 44.7 Å². The molecule has 40 heavy (non-hydrogen) atoms. The summed E-state index contributed by atoms with van der Waals surface area (Å²) >= 11 is 0. The van der Waals surface area contributed by atoms with Gasteiger partial charge in [0.15, 0.2) is 0 Å². The van der Waals surface area contributed by atoms with Crippen molar-refractivity contribution in [1.82, 2.24) is 29.5 Å². The standard InChI is InChI=1S/C27H38N6O6S/c1-27(2,3)24(33-17-21(29-30-33)18-8-9-18)26(36)32-16-20(34)14-22(32)25(35)28-15-19-6-4-5-7-23(19)40(37,38)31-10-12-39-13-11-31/h4-7,17-18,20,22,24,34H,8-16H2,1-3H3,(H,28,35)/t20?,22?,24-/m1/s1. The summed E-state index contributed by atoms with van der Waals surface area (Å²) in [7, 11) is -3.77. The highest BCUT2D eigenvalue weighted by atomic mass is 32.2. The number of nitrogens with zero attached hydrogens (tertiary/aromatic N) is 5. The highest BCUT2D eigenvalue weighted by Gasteiger charge is 2.45. The summed E-state index contributed by atoms with van der Waals surface area (Å²) in [6.45, 7) is 6.98. The number of aromatic nitrogens is 3. The monoisotopic (exact) mass is 574 g/mol. The first-order valence-corrected chi connectivity index (χ1v) is 15.2. The molecule has 2 saturated heterocycles. The molecule has 2 aliphatic heterocycles. The summed E-state index contributed by atoms with van der Waals surface area (Å²) in [6.07, 6.45) is 3.17. The molecular formula is C27H38N6O6S. The lowest BCUT2D eigenvalue weighted by atomic mass is 9.85. The number of amides is 2. The number of hydrogen-bond acceptors (Lipinski definition) is 8. The molecule has 218 valence electrons. The third-order valence-corrected chi connectivity index (χ3v) is 9.72. The number of carbonyl (C=O) groups excluding carboxylic acids is 2. The predicted octanol–water partition coefficient (Wildman–Crippen LogP) is 1.04. The molecule has 13 heteroatoms. The van der Waals surface area contributed by atoms with Gasteiger partial charge in [0.2, 0.25) is 21.8 Å². The van der Waals surface area contributed by atoms with Gasteiger partial charge in [-0.1, -0.05) is 44.2 Å². The summed E-state index contributed by atoms with van der Waals surface area (Å²) in [5.74, 6) is -0.383. The van der Waals surface area contributed by atoms with Crippen molar-refractivity contribution in [2.45, 2.75) is 75.6 Å². The normalized spacial score (nSPS) is 23.2. The van der Waals surface area contributed by atoms with Crippen LogP contribution in [0.3, 0.4) is 0 Å². The van der Waals surface area contributed by atoms with E-state index in [0.29, 0.717) is 24.7 Å². The molecule has 2 amide bonds. The Labute approximate surface area is 234 Å². The van der Waals surface area contributed by atoms with Crippen LogP contribution in [-0.2, 0) is 30.9 Å². The van der Waals surface area contributed by atoms with E-state index in [1.165, 1.54) is 15.3 Å². The van der Waals surface area contributed by atoms with Crippen molar-refractivity contribution in [2.75, 3.05) is 32.8 Å². The van der Waals surface area contributed by atoms with Crippen LogP contribution in [0.25, 0.3) is 0 Å². The van der Waals surface area contributed by atoms with Crippen LogP contribution >= 0.6 is 0 Å². The van der Waals surface area contributed by atoms with Crippen molar-refractivity contribution in [2.24, 2.45) is 5.41 Å². The van der Waals surface area contributed by atoms with E-state index in [2.05, 4.69) is 15.6 Å². The molecule has 2 aromatic rings. The molecule has 5 rings (SSSR count). The van der Waals surface area contributed by atoms with E-state index >= 15 is 0 Å². The zero-order valence-corrected chi connectivity index (χ0v) is 24.0. The molecule has 3 aliphatic rings. The summed E-state index contributed by atoms with van der Waals surface area (Å²) in [5, 5.41) is 21.8. The Morgan fingerprint density at radius 1 is 1.18 bits per heavy atom. The van der Waals surface area contributed by atoms with Crippen LogP contribution in [0, 0.1) is 5.41 Å². The van der Waals surface area contributed by atoms with Crippen LogP contribution in [0.1, 0.15) is 63.3 Å². The van der Waals surface area contributed by atoms with Crippen molar-refractivity contribution in [1.29, 1.82) is 0 Å². The van der Waals surface area contributed by atoms with E-state index in [1.807, 2.05) is 27.0 Å². The Morgan fingerprint density at radius 2 is 1.88 bits per heavy atom. The topological polar surface area (TPSA) is 147 Å². The smallest absolute Gasteiger partial charge is 0.248 e. The molecule has 0 bridgehead atoms. The maximum Gasteiger partial charge on any atom is 0.248 e. The summed E-state index contributed by atoms with van der Waals surface area (Å²) in [6, 6.07) is 4.95. The van der Waals surface area contributed by atoms with Gasteiger partial charge < -0.3 is 20.1 Å². The number of sulfonamides is 1. The van der Waals surface area contributed by atoms with Crippen molar-refractivity contribution in [3.05, 3.63) is 41.7 Å². The summed E-state index contributed by atoms with van der Waals surface area (Å²) in [4.78, 5) is 28.9. The lowest BCUT2D eigenvalue weighted by Gasteiger charge is -2.34. The molecular weight excluding hydrogens is 536 g/mol. The van der Waals surface area contributed by atoms with Gasteiger partial charge in [-0.3, -0.25) is 9.59 Å². The minimum atomic E-state index is -3.77. The number of likely N-dealkylation sites (tertiary alicyclic amines) is 1. The molecule has 1 aromatic heterocycles. The third-order valence-electron chi connectivity index (χ3n) is 7.72. The molecule has 12 nitrogen and oxygen atoms in total. The largest absolute Gasteiger partial charge is 0.391 e. The molecule has 1 saturated carbocycles. The van der Waals surface area contributed by atoms with E-state index in [1.54, 1.807) is 22.9 Å². The number of ether oxygens (including phenoxy) is 1. The Balaban J connectivity index is 1.32. The van der Waals surface area contributed by atoms with E-state index in [-0.39, 0.29) is 43.4 Å². The molecule has 3 fully saturated rings. The van der Waals surface area contributed by atoms with Crippen LogP contribution in [0.5, 0.6) is 0 Å². The molecule has 2 N–H and O–H groups in total. The zero-order chi connectivity index (χ0) is 28.7. The minimum Gasteiger partial charge on any atom is -0.391 e. The molecule has 2 unspecified atom stereocenters. The minimum absolute atomic E-state index is 0.0235. The molecule has 3 atom stereocenters. The number of rotatable bonds is 8. The average Bonchev–Trinajstić information content (AvgIpc) is 3.53. The van der Waals surface area contributed by atoms with E-state index < -0.39 is 39.5 Å². The van der Waals surface area contributed by atoms with Crippen LogP contribution in [0.4, 0.5) is 0 Å². The fourth-order valence-corrected chi connectivity index (χ4v) is 7.08. The highest BCUT2D eigenvalue weighted by Crippen LogP contribution is 2.40. The first-order chi connectivity index (χ1) is 19.0. The van der Waals surface area contributed by atoms with Crippen LogP contribution < -0.4 is 5.32 Å². The Kier molecular flexibility index (Phi) is 8.01. The van der Waals surface area contributed by atoms with Gasteiger partial charge in [0.25, 0.3) is 0 Å². The number of carbonyl (C=O) groups is 2. The van der Waals surface area contributed by atoms with Crippen molar-refractivity contribution in [3.8, 4) is 0 Å². The molecule has 1 aliphatic carbocycles. The second kappa shape index (κ2) is 11.2. The summed E-state index contributed by atoms with van der Waals surface area (Å²) < 4.78 is 34.9. The maximum absolute atomic E-state index is 13.9. The number of β-amino-alcohol motifs (C(OH)–C–C–N with tert-alkyl or cyclic N) is 1. The van der Waals surface area contributed by atoms with Gasteiger partial charge in [-0.2, -0.15) is 4.31 Å². The van der Waals surface area contributed by atoms with Crippen molar-refractivity contribution in [3.63, 3.8) is 0 Å². The van der Waals surface area contributed by atoms with Crippen molar-refractivity contribution >= 4 is 21.8 Å². The first kappa shape index (κ1) is 28.7. The molecule has 0 spiro atoms. The zero-order valence-electron chi connectivity index (χ0n) is 23.2. The van der Waals surface area contributed by atoms with Crippen LogP contribution in [-0.4, -0.2) is 94.5 Å². The Morgan fingerprint density at radius 3 is 2.55 bits per heavy atom. The first-order valence-electron chi connectivity index (χ1n) is 13.8. The van der Waals surface area contributed by atoms with Crippen LogP contribution in [0.15, 0.2) is 35.4 Å². The maximum atomic E-state index is 13.9. The second-order valence-corrected chi connectivity index (χ2v) is 13.8. The average molecular weight is 575 g/mol. The third kappa shape index (κ3) is 5.92. The quantitative estimate of drug-likeness (QED) is 0.476. The van der Waals surface area contributed by atoms with Gasteiger partial charge in [0.1, 0.15) is 12.1 Å². The second-order valence-electron chi connectivity index (χ2n) is 11.9. The fourth-order valence-electron chi connectivity index (χ4n) is 5.45. The number of morpholine rings is 1. The predicted molar refractivity (Wildman–Crippen MR) is 144 cm³/mol. The van der Waals surface area contributed by atoms with Crippen molar-refractivity contribution < 1.29 is 27.9 Å². The molecule has 0 radical (unpaired) electrons. The Hall–Kier alpha value is -2.87. The van der Waals surface area contributed by atoms with E-state index in [4.69, 9.17) is 4.74 Å². The SMILES string of the molecule is CC(C)(C)[C@@H](C(=O)N1CC(O)CC1C(=O)NCc1ccccc1S(=O)(=O)N1CCOCC1)n1cc(C2CC2)nn1. The summed E-state index contributed by atoms with van der Waals surface area (Å²) in [5.41, 5.74) is 0.775. The molecule has 3 heterocycles.